The van der Waals surface area contributed by atoms with Gasteiger partial charge in [-0.25, -0.2) is 0 Å². The van der Waals surface area contributed by atoms with E-state index in [0.717, 1.165) is 18.0 Å². The van der Waals surface area contributed by atoms with Crippen LogP contribution in [0.2, 0.25) is 0 Å². The van der Waals surface area contributed by atoms with E-state index in [1.54, 1.807) is 13.2 Å². The number of ether oxygens (including phenoxy) is 1. The van der Waals surface area contributed by atoms with Crippen molar-refractivity contribution in [2.45, 2.75) is 51.6 Å². The van der Waals surface area contributed by atoms with Gasteiger partial charge in [-0.2, -0.15) is 0 Å². The van der Waals surface area contributed by atoms with E-state index in [4.69, 9.17) is 4.74 Å². The predicted molar refractivity (Wildman–Crippen MR) is 77.5 cm³/mol. The summed E-state index contributed by atoms with van der Waals surface area (Å²) in [6.07, 6.45) is 6.68. The fourth-order valence-electron chi connectivity index (χ4n) is 2.88. The number of phenolic OH excluding ortho intramolecular Hbond substituents is 1. The van der Waals surface area contributed by atoms with Crippen molar-refractivity contribution < 1.29 is 9.84 Å². The maximum atomic E-state index is 9.59. The second kappa shape index (κ2) is 6.80. The number of benzene rings is 1. The molecule has 1 aliphatic rings. The molecule has 1 aromatic rings. The van der Waals surface area contributed by atoms with Crippen molar-refractivity contribution in [1.29, 1.82) is 0 Å². The topological polar surface area (TPSA) is 41.5 Å². The normalized spacial score (nSPS) is 23.9. The molecule has 0 heterocycles. The highest BCUT2D eigenvalue weighted by atomic mass is 16.5. The largest absolute Gasteiger partial charge is 0.504 e. The molecule has 2 N–H and O–H groups in total. The molecular formula is C16H25NO2. The van der Waals surface area contributed by atoms with E-state index in [1.807, 2.05) is 12.1 Å². The first kappa shape index (κ1) is 14.2. The summed E-state index contributed by atoms with van der Waals surface area (Å²) in [5.74, 6) is 1.50. The minimum Gasteiger partial charge on any atom is -0.504 e. The zero-order valence-corrected chi connectivity index (χ0v) is 12.0. The summed E-state index contributed by atoms with van der Waals surface area (Å²) in [6, 6.07) is 6.17. The summed E-state index contributed by atoms with van der Waals surface area (Å²) in [5.41, 5.74) is 1.16. The maximum Gasteiger partial charge on any atom is 0.160 e. The Bertz CT molecular complexity index is 406. The molecule has 1 fully saturated rings. The van der Waals surface area contributed by atoms with Gasteiger partial charge in [0.25, 0.3) is 0 Å². The standard InChI is InChI=1S/C16H25NO2/c1-12-6-4-3-5-7-14(12)17-11-13-8-9-15(18)16(10-13)19-2/h8-10,12,14,17-18H,3-7,11H2,1-2H3. The summed E-state index contributed by atoms with van der Waals surface area (Å²) >= 11 is 0. The van der Waals surface area contributed by atoms with E-state index in [9.17, 15) is 5.11 Å². The van der Waals surface area contributed by atoms with Crippen LogP contribution in [0.25, 0.3) is 0 Å². The van der Waals surface area contributed by atoms with Crippen molar-refractivity contribution in [3.8, 4) is 11.5 Å². The monoisotopic (exact) mass is 263 g/mol. The zero-order valence-electron chi connectivity index (χ0n) is 12.0. The highest BCUT2D eigenvalue weighted by molar-refractivity contribution is 5.41. The number of hydrogen-bond donors (Lipinski definition) is 2. The molecule has 3 heteroatoms. The van der Waals surface area contributed by atoms with Gasteiger partial charge in [0.2, 0.25) is 0 Å². The molecule has 19 heavy (non-hydrogen) atoms. The summed E-state index contributed by atoms with van der Waals surface area (Å²) in [5, 5.41) is 13.2. The van der Waals surface area contributed by atoms with Crippen molar-refractivity contribution in [3.05, 3.63) is 23.8 Å². The molecule has 0 amide bonds. The third-order valence-electron chi connectivity index (χ3n) is 4.17. The Balaban J connectivity index is 1.93. The van der Waals surface area contributed by atoms with Crippen LogP contribution in [0.5, 0.6) is 11.5 Å². The second-order valence-corrected chi connectivity index (χ2v) is 5.61. The molecule has 0 bridgehead atoms. The van der Waals surface area contributed by atoms with Crippen LogP contribution in [0, 0.1) is 5.92 Å². The number of phenols is 1. The van der Waals surface area contributed by atoms with Crippen molar-refractivity contribution in [2.75, 3.05) is 7.11 Å². The summed E-state index contributed by atoms with van der Waals surface area (Å²) < 4.78 is 5.14. The van der Waals surface area contributed by atoms with E-state index < -0.39 is 0 Å². The summed E-state index contributed by atoms with van der Waals surface area (Å²) in [7, 11) is 1.58. The van der Waals surface area contributed by atoms with Gasteiger partial charge in [-0.15, -0.1) is 0 Å². The molecule has 106 valence electrons. The fourth-order valence-corrected chi connectivity index (χ4v) is 2.88. The van der Waals surface area contributed by atoms with E-state index in [-0.39, 0.29) is 5.75 Å². The molecule has 1 aromatic carbocycles. The van der Waals surface area contributed by atoms with Gasteiger partial charge >= 0.3 is 0 Å². The average molecular weight is 263 g/mol. The van der Waals surface area contributed by atoms with E-state index in [0.29, 0.717) is 11.8 Å². The van der Waals surface area contributed by atoms with E-state index in [2.05, 4.69) is 12.2 Å². The number of methoxy groups -OCH3 is 1. The van der Waals surface area contributed by atoms with Crippen molar-refractivity contribution in [2.24, 2.45) is 5.92 Å². The van der Waals surface area contributed by atoms with Crippen LogP contribution >= 0.6 is 0 Å². The number of aromatic hydroxyl groups is 1. The molecule has 2 atom stereocenters. The Hall–Kier alpha value is -1.22. The summed E-state index contributed by atoms with van der Waals surface area (Å²) in [6.45, 7) is 3.19. The number of rotatable bonds is 4. The molecule has 3 nitrogen and oxygen atoms in total. The van der Waals surface area contributed by atoms with Crippen LogP contribution in [0.1, 0.15) is 44.6 Å². The van der Waals surface area contributed by atoms with Crippen LogP contribution in [-0.4, -0.2) is 18.3 Å². The SMILES string of the molecule is COc1cc(CNC2CCCCCC2C)ccc1O. The van der Waals surface area contributed by atoms with Crippen LogP contribution in [0.3, 0.4) is 0 Å². The van der Waals surface area contributed by atoms with Crippen molar-refractivity contribution >= 4 is 0 Å². The highest BCUT2D eigenvalue weighted by Crippen LogP contribution is 2.27. The van der Waals surface area contributed by atoms with Gasteiger partial charge in [-0.3, -0.25) is 0 Å². The molecule has 0 aromatic heterocycles. The van der Waals surface area contributed by atoms with Crippen molar-refractivity contribution in [1.82, 2.24) is 5.32 Å². The quantitative estimate of drug-likeness (QED) is 0.817. The minimum absolute atomic E-state index is 0.203. The molecule has 2 unspecified atom stereocenters. The Morgan fingerprint density at radius 1 is 1.26 bits per heavy atom. The molecule has 0 spiro atoms. The lowest BCUT2D eigenvalue weighted by molar-refractivity contribution is 0.354. The fraction of sp³-hybridized carbons (Fsp3) is 0.625. The van der Waals surface area contributed by atoms with Gasteiger partial charge < -0.3 is 15.2 Å². The number of hydrogen-bond acceptors (Lipinski definition) is 3. The predicted octanol–water partition coefficient (Wildman–Crippen LogP) is 3.46. The van der Waals surface area contributed by atoms with Gasteiger partial charge in [0, 0.05) is 12.6 Å². The third kappa shape index (κ3) is 3.87. The molecule has 1 saturated carbocycles. The minimum atomic E-state index is 0.203. The zero-order chi connectivity index (χ0) is 13.7. The number of nitrogens with one attached hydrogen (secondary N) is 1. The molecular weight excluding hydrogens is 238 g/mol. The van der Waals surface area contributed by atoms with Crippen LogP contribution < -0.4 is 10.1 Å². The van der Waals surface area contributed by atoms with Gasteiger partial charge in [0.1, 0.15) is 0 Å². The highest BCUT2D eigenvalue weighted by Gasteiger charge is 2.19. The Morgan fingerprint density at radius 3 is 2.84 bits per heavy atom. The summed E-state index contributed by atoms with van der Waals surface area (Å²) in [4.78, 5) is 0. The van der Waals surface area contributed by atoms with E-state index in [1.165, 1.54) is 32.1 Å². The van der Waals surface area contributed by atoms with Crippen LogP contribution in [-0.2, 0) is 6.54 Å². The molecule has 0 aliphatic heterocycles. The first-order chi connectivity index (χ1) is 9.20. The average Bonchev–Trinajstić information content (AvgIpc) is 2.62. The van der Waals surface area contributed by atoms with E-state index >= 15 is 0 Å². The lowest BCUT2D eigenvalue weighted by Gasteiger charge is -2.23. The Kier molecular flexibility index (Phi) is 5.08. The Labute approximate surface area is 116 Å². The lowest BCUT2D eigenvalue weighted by Crippen LogP contribution is -2.33. The van der Waals surface area contributed by atoms with Gasteiger partial charge in [-0.1, -0.05) is 32.3 Å². The molecule has 0 saturated heterocycles. The van der Waals surface area contributed by atoms with Gasteiger partial charge in [0.05, 0.1) is 7.11 Å². The third-order valence-corrected chi connectivity index (χ3v) is 4.17. The molecule has 2 rings (SSSR count). The van der Waals surface area contributed by atoms with Gasteiger partial charge in [-0.05, 0) is 36.5 Å². The first-order valence-electron chi connectivity index (χ1n) is 7.30. The second-order valence-electron chi connectivity index (χ2n) is 5.61. The molecule has 0 radical (unpaired) electrons. The first-order valence-corrected chi connectivity index (χ1v) is 7.30. The van der Waals surface area contributed by atoms with Crippen molar-refractivity contribution in [3.63, 3.8) is 0 Å². The maximum absolute atomic E-state index is 9.59. The van der Waals surface area contributed by atoms with Crippen LogP contribution in [0.4, 0.5) is 0 Å². The molecule has 1 aliphatic carbocycles. The van der Waals surface area contributed by atoms with Crippen LogP contribution in [0.15, 0.2) is 18.2 Å². The Morgan fingerprint density at radius 2 is 2.05 bits per heavy atom. The lowest BCUT2D eigenvalue weighted by atomic mass is 9.97. The van der Waals surface area contributed by atoms with Gasteiger partial charge in [0.15, 0.2) is 11.5 Å². The smallest absolute Gasteiger partial charge is 0.160 e.